The average molecular weight is 276 g/mol. The van der Waals surface area contributed by atoms with Crippen molar-refractivity contribution in [2.24, 2.45) is 0 Å². The summed E-state index contributed by atoms with van der Waals surface area (Å²) in [5.74, 6) is -0.353. The highest BCUT2D eigenvalue weighted by molar-refractivity contribution is 6.65. The van der Waals surface area contributed by atoms with Crippen LogP contribution in [0.2, 0.25) is 12.6 Å². The zero-order chi connectivity index (χ0) is 14.0. The summed E-state index contributed by atoms with van der Waals surface area (Å²) in [6.07, 6.45) is 0.678. The Morgan fingerprint density at radius 1 is 1.17 bits per heavy atom. The molecule has 0 N–H and O–H groups in total. The molecule has 0 fully saturated rings. The van der Waals surface area contributed by atoms with Gasteiger partial charge in [-0.3, -0.25) is 0 Å². The summed E-state index contributed by atoms with van der Waals surface area (Å²) < 4.78 is 21.0. The van der Waals surface area contributed by atoms with Crippen LogP contribution >= 0.6 is 0 Å². The zero-order valence-corrected chi connectivity index (χ0v) is 12.8. The van der Waals surface area contributed by atoms with E-state index in [0.29, 0.717) is 31.8 Å². The molecule has 0 atom stereocenters. The molecule has 5 nitrogen and oxygen atoms in total. The van der Waals surface area contributed by atoms with E-state index < -0.39 is 8.56 Å². The van der Waals surface area contributed by atoms with Gasteiger partial charge in [-0.2, -0.15) is 0 Å². The highest BCUT2D eigenvalue weighted by Gasteiger charge is 2.27. The molecule has 0 rings (SSSR count). The molecule has 0 aromatic rings. The van der Waals surface area contributed by atoms with E-state index in [-0.39, 0.29) is 5.97 Å². The summed E-state index contributed by atoms with van der Waals surface area (Å²) in [6.45, 7) is 8.63. The van der Waals surface area contributed by atoms with Crippen LogP contribution in [0.25, 0.3) is 0 Å². The Kier molecular flexibility index (Phi) is 8.91. The SMILES string of the molecule is C=C(C)C(=O)OCCCOCC[Si](C)(OC)OC. The Morgan fingerprint density at radius 2 is 1.78 bits per heavy atom. The molecule has 18 heavy (non-hydrogen) atoms. The summed E-state index contributed by atoms with van der Waals surface area (Å²) in [6, 6.07) is 0.783. The van der Waals surface area contributed by atoms with Gasteiger partial charge in [0.25, 0.3) is 0 Å². The van der Waals surface area contributed by atoms with Gasteiger partial charge in [0, 0.05) is 45.5 Å². The topological polar surface area (TPSA) is 54.0 Å². The quantitative estimate of drug-likeness (QED) is 0.264. The van der Waals surface area contributed by atoms with E-state index in [1.165, 1.54) is 0 Å². The Hall–Kier alpha value is -0.693. The van der Waals surface area contributed by atoms with E-state index in [9.17, 15) is 4.79 Å². The highest BCUT2D eigenvalue weighted by Crippen LogP contribution is 2.10. The normalized spacial score (nSPS) is 11.3. The Bertz CT molecular complexity index is 263. The standard InChI is InChI=1S/C12H24O5Si/c1-11(2)12(13)17-8-6-7-16-9-10-18(5,14-3)15-4/h1,6-10H2,2-5H3. The van der Waals surface area contributed by atoms with Crippen LogP contribution in [0.3, 0.4) is 0 Å². The maximum atomic E-state index is 11.1. The number of hydrogen-bond acceptors (Lipinski definition) is 5. The van der Waals surface area contributed by atoms with Gasteiger partial charge >= 0.3 is 14.5 Å². The first-order chi connectivity index (χ1) is 8.45. The van der Waals surface area contributed by atoms with Gasteiger partial charge in [-0.15, -0.1) is 0 Å². The third-order valence-electron chi connectivity index (χ3n) is 2.58. The second-order valence-electron chi connectivity index (χ2n) is 4.17. The third-order valence-corrected chi connectivity index (χ3v) is 5.42. The van der Waals surface area contributed by atoms with Crippen LogP contribution in [-0.2, 0) is 23.1 Å². The first-order valence-corrected chi connectivity index (χ1v) is 8.48. The van der Waals surface area contributed by atoms with Crippen molar-refractivity contribution in [1.29, 1.82) is 0 Å². The molecule has 6 heteroatoms. The number of esters is 1. The number of rotatable bonds is 10. The van der Waals surface area contributed by atoms with Crippen molar-refractivity contribution in [1.82, 2.24) is 0 Å². The van der Waals surface area contributed by atoms with E-state index in [4.69, 9.17) is 18.3 Å². The van der Waals surface area contributed by atoms with Gasteiger partial charge in [0.05, 0.1) is 6.61 Å². The van der Waals surface area contributed by atoms with Crippen LogP contribution in [0, 0.1) is 0 Å². The summed E-state index contributed by atoms with van der Waals surface area (Å²) >= 11 is 0. The minimum absolute atomic E-state index is 0.353. The van der Waals surface area contributed by atoms with Crippen molar-refractivity contribution in [2.75, 3.05) is 34.0 Å². The van der Waals surface area contributed by atoms with E-state index in [0.717, 1.165) is 6.04 Å². The molecule has 0 aliphatic rings. The predicted molar refractivity (Wildman–Crippen MR) is 71.7 cm³/mol. The van der Waals surface area contributed by atoms with Crippen LogP contribution in [0.5, 0.6) is 0 Å². The molecule has 106 valence electrons. The van der Waals surface area contributed by atoms with Crippen LogP contribution in [0.4, 0.5) is 0 Å². The first kappa shape index (κ1) is 17.3. The van der Waals surface area contributed by atoms with Gasteiger partial charge in [0.15, 0.2) is 0 Å². The summed E-state index contributed by atoms with van der Waals surface area (Å²) in [7, 11) is 1.30. The van der Waals surface area contributed by atoms with Gasteiger partial charge in [-0.05, 0) is 13.5 Å². The minimum atomic E-state index is -2.02. The second-order valence-corrected chi connectivity index (χ2v) is 7.76. The summed E-state index contributed by atoms with van der Waals surface area (Å²) in [5, 5.41) is 0. The highest BCUT2D eigenvalue weighted by atomic mass is 28.4. The molecule has 0 saturated carbocycles. The van der Waals surface area contributed by atoms with Crippen LogP contribution in [-0.4, -0.2) is 48.6 Å². The molecular formula is C12H24O5Si. The fraction of sp³-hybridized carbons (Fsp3) is 0.750. The lowest BCUT2D eigenvalue weighted by atomic mass is 10.4. The Labute approximate surface area is 110 Å². The Morgan fingerprint density at radius 3 is 2.28 bits per heavy atom. The zero-order valence-electron chi connectivity index (χ0n) is 11.8. The molecule has 0 spiro atoms. The van der Waals surface area contributed by atoms with E-state index in [1.54, 1.807) is 21.1 Å². The first-order valence-electron chi connectivity index (χ1n) is 5.96. The Balaban J connectivity index is 3.47. The largest absolute Gasteiger partial charge is 0.462 e. The van der Waals surface area contributed by atoms with Gasteiger partial charge in [0.2, 0.25) is 0 Å². The molecule has 0 aromatic heterocycles. The van der Waals surface area contributed by atoms with Crippen LogP contribution in [0.1, 0.15) is 13.3 Å². The molecule has 0 saturated heterocycles. The van der Waals surface area contributed by atoms with E-state index in [1.807, 2.05) is 6.55 Å². The van der Waals surface area contributed by atoms with Gasteiger partial charge in [-0.1, -0.05) is 6.58 Å². The van der Waals surface area contributed by atoms with Crippen molar-refractivity contribution in [3.63, 3.8) is 0 Å². The molecule has 0 aliphatic carbocycles. The summed E-state index contributed by atoms with van der Waals surface area (Å²) in [4.78, 5) is 11.1. The van der Waals surface area contributed by atoms with Crippen molar-refractivity contribution < 1.29 is 23.1 Å². The molecular weight excluding hydrogens is 252 g/mol. The van der Waals surface area contributed by atoms with Crippen molar-refractivity contribution in [2.45, 2.75) is 25.9 Å². The predicted octanol–water partition coefficient (Wildman–Crippen LogP) is 1.88. The van der Waals surface area contributed by atoms with E-state index >= 15 is 0 Å². The monoisotopic (exact) mass is 276 g/mol. The molecule has 0 heterocycles. The lowest BCUT2D eigenvalue weighted by Gasteiger charge is -2.22. The number of hydrogen-bond donors (Lipinski definition) is 0. The van der Waals surface area contributed by atoms with E-state index in [2.05, 4.69) is 6.58 Å². The molecule has 0 radical (unpaired) electrons. The molecule has 0 unspecified atom stereocenters. The number of ether oxygens (including phenoxy) is 2. The molecule has 0 bridgehead atoms. The fourth-order valence-electron chi connectivity index (χ4n) is 1.10. The average Bonchev–Trinajstić information content (AvgIpc) is 2.36. The van der Waals surface area contributed by atoms with Crippen molar-refractivity contribution in [3.05, 3.63) is 12.2 Å². The molecule has 0 aromatic carbocycles. The fourth-order valence-corrected chi connectivity index (χ4v) is 2.19. The summed E-state index contributed by atoms with van der Waals surface area (Å²) in [5.41, 5.74) is 0.415. The maximum Gasteiger partial charge on any atom is 0.336 e. The van der Waals surface area contributed by atoms with Crippen LogP contribution in [0.15, 0.2) is 12.2 Å². The molecule has 0 amide bonds. The number of carbonyl (C=O) groups excluding carboxylic acids is 1. The second kappa shape index (κ2) is 9.27. The van der Waals surface area contributed by atoms with Gasteiger partial charge < -0.3 is 18.3 Å². The third kappa shape index (κ3) is 7.60. The van der Waals surface area contributed by atoms with Gasteiger partial charge in [0.1, 0.15) is 0 Å². The van der Waals surface area contributed by atoms with Crippen LogP contribution < -0.4 is 0 Å². The smallest absolute Gasteiger partial charge is 0.336 e. The number of carbonyl (C=O) groups is 1. The molecule has 0 aliphatic heterocycles. The minimum Gasteiger partial charge on any atom is -0.462 e. The van der Waals surface area contributed by atoms with Crippen molar-refractivity contribution in [3.8, 4) is 0 Å². The maximum absolute atomic E-state index is 11.1. The lowest BCUT2D eigenvalue weighted by molar-refractivity contribution is -0.139. The van der Waals surface area contributed by atoms with Gasteiger partial charge in [-0.25, -0.2) is 4.79 Å². The van der Waals surface area contributed by atoms with Crippen molar-refractivity contribution >= 4 is 14.5 Å². The lowest BCUT2D eigenvalue weighted by Crippen LogP contribution is -2.37.